The van der Waals surface area contributed by atoms with Crippen molar-refractivity contribution in [1.29, 1.82) is 5.26 Å². The zero-order chi connectivity index (χ0) is 20.5. The molecule has 0 radical (unpaired) electrons. The van der Waals surface area contributed by atoms with Crippen molar-refractivity contribution in [2.45, 2.75) is 26.4 Å². The Morgan fingerprint density at radius 3 is 2.54 bits per heavy atom. The van der Waals surface area contributed by atoms with Gasteiger partial charge in [-0.3, -0.25) is 4.79 Å². The average Bonchev–Trinajstić information content (AvgIpc) is 2.72. The van der Waals surface area contributed by atoms with E-state index in [1.165, 1.54) is 20.1 Å². The second-order valence-corrected chi connectivity index (χ2v) is 6.03. The van der Waals surface area contributed by atoms with Crippen molar-refractivity contribution in [3.8, 4) is 11.8 Å². The maximum atomic E-state index is 12.3. The van der Waals surface area contributed by atoms with Gasteiger partial charge in [-0.15, -0.1) is 0 Å². The first-order valence-electron chi connectivity index (χ1n) is 8.83. The maximum Gasteiger partial charge on any atom is 0.349 e. The molecule has 6 nitrogen and oxygen atoms in total. The first-order valence-corrected chi connectivity index (χ1v) is 8.83. The Kier molecular flexibility index (Phi) is 7.35. The van der Waals surface area contributed by atoms with Gasteiger partial charge in [-0.05, 0) is 54.8 Å². The lowest BCUT2D eigenvalue weighted by Crippen LogP contribution is -2.30. The molecule has 1 amide bonds. The van der Waals surface area contributed by atoms with Crippen LogP contribution in [-0.4, -0.2) is 25.1 Å². The van der Waals surface area contributed by atoms with Crippen LogP contribution in [0.25, 0.3) is 6.08 Å². The molecular formula is C22H22N2O4. The average molecular weight is 378 g/mol. The van der Waals surface area contributed by atoms with Crippen molar-refractivity contribution in [3.63, 3.8) is 0 Å². The summed E-state index contributed by atoms with van der Waals surface area (Å²) in [5, 5.41) is 12.0. The number of benzene rings is 2. The van der Waals surface area contributed by atoms with Gasteiger partial charge in [-0.25, -0.2) is 4.79 Å². The monoisotopic (exact) mass is 378 g/mol. The molecule has 1 N–H and O–H groups in total. The van der Waals surface area contributed by atoms with E-state index in [-0.39, 0.29) is 5.57 Å². The highest BCUT2D eigenvalue weighted by Crippen LogP contribution is 2.16. The summed E-state index contributed by atoms with van der Waals surface area (Å²) in [7, 11) is 1.53. The third-order valence-electron chi connectivity index (χ3n) is 4.03. The summed E-state index contributed by atoms with van der Waals surface area (Å²) in [4.78, 5) is 24.5. The van der Waals surface area contributed by atoms with Crippen LogP contribution in [0.5, 0.6) is 5.75 Å². The van der Waals surface area contributed by atoms with Crippen LogP contribution in [0.3, 0.4) is 0 Å². The summed E-state index contributed by atoms with van der Waals surface area (Å²) in [6.45, 7) is 3.50. The van der Waals surface area contributed by atoms with E-state index in [1.807, 2.05) is 25.1 Å². The number of hydrogen-bond donors (Lipinski definition) is 1. The Morgan fingerprint density at radius 1 is 1.21 bits per heavy atom. The number of methoxy groups -OCH3 is 1. The number of nitriles is 1. The normalized spacial score (nSPS) is 11.9. The maximum absolute atomic E-state index is 12.3. The minimum atomic E-state index is -1.06. The number of amides is 1. The molecule has 0 saturated carbocycles. The Morgan fingerprint density at radius 2 is 1.93 bits per heavy atom. The van der Waals surface area contributed by atoms with Crippen molar-refractivity contribution in [1.82, 2.24) is 0 Å². The number of nitrogens with zero attached hydrogens (tertiary/aromatic N) is 1. The SMILES string of the molecule is CCc1ccc(NC(=O)[C@@H](C)OC(=O)/C(C#N)=C/c2cccc(OC)c2)cc1. The number of esters is 1. The van der Waals surface area contributed by atoms with Crippen molar-refractivity contribution in [2.24, 2.45) is 0 Å². The molecule has 0 bridgehead atoms. The van der Waals surface area contributed by atoms with Gasteiger partial charge in [0, 0.05) is 5.69 Å². The fourth-order valence-corrected chi connectivity index (χ4v) is 2.38. The number of carbonyl (C=O) groups excluding carboxylic acids is 2. The second kappa shape index (κ2) is 9.93. The zero-order valence-corrected chi connectivity index (χ0v) is 16.1. The van der Waals surface area contributed by atoms with Crippen LogP contribution >= 0.6 is 0 Å². The number of rotatable bonds is 7. The standard InChI is InChI=1S/C22H22N2O4/c1-4-16-8-10-19(11-9-16)24-21(25)15(2)28-22(26)18(14-23)12-17-6-5-7-20(13-17)27-3/h5-13,15H,4H2,1-3H3,(H,24,25)/b18-12+/t15-/m1/s1. The quantitative estimate of drug-likeness (QED) is 0.450. The van der Waals surface area contributed by atoms with Gasteiger partial charge in [-0.1, -0.05) is 31.2 Å². The molecular weight excluding hydrogens is 356 g/mol. The van der Waals surface area contributed by atoms with Gasteiger partial charge in [0.15, 0.2) is 6.10 Å². The Hall–Kier alpha value is -3.59. The Balaban J connectivity index is 2.02. The van der Waals surface area contributed by atoms with Crippen molar-refractivity contribution in [2.75, 3.05) is 12.4 Å². The molecule has 0 fully saturated rings. The van der Waals surface area contributed by atoms with E-state index < -0.39 is 18.0 Å². The number of nitrogens with one attached hydrogen (secondary N) is 1. The van der Waals surface area contributed by atoms with Crippen LogP contribution in [-0.2, 0) is 20.7 Å². The molecule has 0 unspecified atom stereocenters. The molecule has 2 rings (SSSR count). The third kappa shape index (κ3) is 5.71. The molecule has 0 aliphatic heterocycles. The van der Waals surface area contributed by atoms with Gasteiger partial charge < -0.3 is 14.8 Å². The highest BCUT2D eigenvalue weighted by Gasteiger charge is 2.20. The molecule has 144 valence electrons. The first kappa shape index (κ1) is 20.7. The zero-order valence-electron chi connectivity index (χ0n) is 16.1. The molecule has 28 heavy (non-hydrogen) atoms. The summed E-state index contributed by atoms with van der Waals surface area (Å²) >= 11 is 0. The fourth-order valence-electron chi connectivity index (χ4n) is 2.38. The van der Waals surface area contributed by atoms with Crippen LogP contribution in [0.4, 0.5) is 5.69 Å². The lowest BCUT2D eigenvalue weighted by Gasteiger charge is -2.13. The summed E-state index contributed by atoms with van der Waals surface area (Å²) in [6.07, 6.45) is 1.23. The number of anilines is 1. The van der Waals surface area contributed by atoms with Crippen LogP contribution in [0.1, 0.15) is 25.0 Å². The van der Waals surface area contributed by atoms with Gasteiger partial charge in [-0.2, -0.15) is 5.26 Å². The summed E-state index contributed by atoms with van der Waals surface area (Å²) in [5.41, 5.74) is 2.16. The van der Waals surface area contributed by atoms with Gasteiger partial charge in [0.05, 0.1) is 7.11 Å². The van der Waals surface area contributed by atoms with E-state index >= 15 is 0 Å². The first-order chi connectivity index (χ1) is 13.5. The van der Waals surface area contributed by atoms with Crippen molar-refractivity contribution in [3.05, 3.63) is 65.2 Å². The highest BCUT2D eigenvalue weighted by atomic mass is 16.5. The molecule has 6 heteroatoms. The molecule has 0 heterocycles. The van der Waals surface area contributed by atoms with E-state index in [0.29, 0.717) is 17.0 Å². The number of ether oxygens (including phenoxy) is 2. The van der Waals surface area contributed by atoms with Crippen LogP contribution in [0.2, 0.25) is 0 Å². The van der Waals surface area contributed by atoms with E-state index in [0.717, 1.165) is 12.0 Å². The van der Waals surface area contributed by atoms with E-state index in [2.05, 4.69) is 5.32 Å². The predicted octanol–water partition coefficient (Wildman–Crippen LogP) is 3.73. The molecule has 0 spiro atoms. The van der Waals surface area contributed by atoms with Gasteiger partial charge in [0.2, 0.25) is 0 Å². The van der Waals surface area contributed by atoms with Crippen LogP contribution < -0.4 is 10.1 Å². The van der Waals surface area contributed by atoms with Crippen LogP contribution in [0, 0.1) is 11.3 Å². The van der Waals surface area contributed by atoms with Crippen molar-refractivity contribution < 1.29 is 19.1 Å². The third-order valence-corrected chi connectivity index (χ3v) is 4.03. The lowest BCUT2D eigenvalue weighted by atomic mass is 10.1. The highest BCUT2D eigenvalue weighted by molar-refractivity contribution is 6.01. The second-order valence-electron chi connectivity index (χ2n) is 6.03. The molecule has 2 aromatic rings. The fraction of sp³-hybridized carbons (Fsp3) is 0.227. The number of hydrogen-bond acceptors (Lipinski definition) is 5. The minimum absolute atomic E-state index is 0.208. The largest absolute Gasteiger partial charge is 0.497 e. The topological polar surface area (TPSA) is 88.4 Å². The summed E-state index contributed by atoms with van der Waals surface area (Å²) in [6, 6.07) is 16.1. The molecule has 0 aliphatic carbocycles. The molecule has 0 aromatic heterocycles. The van der Waals surface area contributed by atoms with E-state index in [4.69, 9.17) is 9.47 Å². The van der Waals surface area contributed by atoms with Crippen molar-refractivity contribution >= 4 is 23.6 Å². The lowest BCUT2D eigenvalue weighted by molar-refractivity contribution is -0.148. The Bertz CT molecular complexity index is 911. The minimum Gasteiger partial charge on any atom is -0.497 e. The Labute approximate surface area is 164 Å². The number of aryl methyl sites for hydroxylation is 1. The van der Waals surface area contributed by atoms with E-state index in [1.54, 1.807) is 36.4 Å². The van der Waals surface area contributed by atoms with Crippen LogP contribution in [0.15, 0.2) is 54.1 Å². The summed E-state index contributed by atoms with van der Waals surface area (Å²) < 4.78 is 10.3. The van der Waals surface area contributed by atoms with Gasteiger partial charge in [0.1, 0.15) is 17.4 Å². The predicted molar refractivity (Wildman–Crippen MR) is 107 cm³/mol. The molecule has 2 aromatic carbocycles. The van der Waals surface area contributed by atoms with Gasteiger partial charge >= 0.3 is 5.97 Å². The smallest absolute Gasteiger partial charge is 0.349 e. The molecule has 1 atom stereocenters. The number of carbonyl (C=O) groups is 2. The van der Waals surface area contributed by atoms with E-state index in [9.17, 15) is 14.9 Å². The van der Waals surface area contributed by atoms with Gasteiger partial charge in [0.25, 0.3) is 5.91 Å². The molecule has 0 saturated heterocycles. The summed E-state index contributed by atoms with van der Waals surface area (Å²) in [5.74, 6) is -0.744. The molecule has 0 aliphatic rings.